The van der Waals surface area contributed by atoms with Crippen LogP contribution in [0.15, 0.2) is 165 Å². The van der Waals surface area contributed by atoms with E-state index in [1.807, 2.05) is 103 Å². The molecule has 0 fully saturated rings. The maximum atomic E-state index is 6.64. The molecule has 0 saturated carbocycles. The highest BCUT2D eigenvalue weighted by Gasteiger charge is 2.21. The van der Waals surface area contributed by atoms with E-state index in [2.05, 4.69) is 48.5 Å². The van der Waals surface area contributed by atoms with Crippen molar-refractivity contribution in [1.82, 2.24) is 15.0 Å². The molecular formula is C45H25N3O3. The lowest BCUT2D eigenvalue weighted by atomic mass is 9.97. The molecule has 0 aliphatic rings. The first kappa shape index (κ1) is 27.9. The number of nitrogens with zero attached hydrogens (tertiary/aromatic N) is 3. The first-order valence-electron chi connectivity index (χ1n) is 16.9. The Labute approximate surface area is 290 Å². The van der Waals surface area contributed by atoms with E-state index >= 15 is 0 Å². The van der Waals surface area contributed by atoms with Gasteiger partial charge in [0.1, 0.15) is 33.5 Å². The van der Waals surface area contributed by atoms with E-state index in [1.165, 1.54) is 0 Å². The Morgan fingerprint density at radius 1 is 0.314 bits per heavy atom. The molecule has 0 bridgehead atoms. The van der Waals surface area contributed by atoms with Crippen LogP contribution in [0.2, 0.25) is 0 Å². The van der Waals surface area contributed by atoms with Gasteiger partial charge < -0.3 is 13.3 Å². The number of aromatic nitrogens is 3. The van der Waals surface area contributed by atoms with Crippen molar-refractivity contribution in [1.29, 1.82) is 0 Å². The summed E-state index contributed by atoms with van der Waals surface area (Å²) in [5.41, 5.74) is 9.62. The Bertz CT molecular complexity index is 3150. The van der Waals surface area contributed by atoms with Crippen LogP contribution >= 0.6 is 0 Å². The zero-order valence-corrected chi connectivity index (χ0v) is 27.0. The molecule has 0 aliphatic carbocycles. The standard InChI is InChI=1S/C45H25N3O3/c1-2-11-26(12-3-1)43-46-44(32-17-10-22-39-41(32)31-14-5-7-20-36(31)50-39)48-45(47-43)33-18-8-16-29-34-25-27(23-24-37(34)51-42(29)33)28-15-9-21-38-40(28)30-13-4-6-19-35(30)49-38/h1-25H. The van der Waals surface area contributed by atoms with Crippen LogP contribution in [-0.4, -0.2) is 15.0 Å². The van der Waals surface area contributed by atoms with Crippen molar-refractivity contribution >= 4 is 65.8 Å². The average molecular weight is 656 g/mol. The van der Waals surface area contributed by atoms with Gasteiger partial charge in [-0.3, -0.25) is 0 Å². The molecule has 0 aliphatic heterocycles. The van der Waals surface area contributed by atoms with E-state index in [0.717, 1.165) is 93.6 Å². The second kappa shape index (κ2) is 10.7. The van der Waals surface area contributed by atoms with E-state index in [0.29, 0.717) is 17.5 Å². The number of fused-ring (bicyclic) bond motifs is 9. The molecule has 11 aromatic rings. The van der Waals surface area contributed by atoms with E-state index in [9.17, 15) is 0 Å². The average Bonchev–Trinajstić information content (AvgIpc) is 3.89. The lowest BCUT2D eigenvalue weighted by Gasteiger charge is -2.09. The van der Waals surface area contributed by atoms with Crippen LogP contribution in [0.4, 0.5) is 0 Å². The highest BCUT2D eigenvalue weighted by atomic mass is 16.3. The summed E-state index contributed by atoms with van der Waals surface area (Å²) in [6.07, 6.45) is 0. The molecule has 4 heterocycles. The summed E-state index contributed by atoms with van der Waals surface area (Å²) in [7, 11) is 0. The van der Waals surface area contributed by atoms with Crippen LogP contribution in [0.25, 0.3) is 111 Å². The van der Waals surface area contributed by atoms with Crippen LogP contribution < -0.4 is 0 Å². The fraction of sp³-hybridized carbons (Fsp3) is 0. The van der Waals surface area contributed by atoms with Gasteiger partial charge in [0.2, 0.25) is 0 Å². The smallest absolute Gasteiger partial charge is 0.167 e. The van der Waals surface area contributed by atoms with Gasteiger partial charge in [-0.1, -0.05) is 109 Å². The van der Waals surface area contributed by atoms with Crippen molar-refractivity contribution in [3.05, 3.63) is 152 Å². The monoisotopic (exact) mass is 655 g/mol. The molecule has 0 amide bonds. The van der Waals surface area contributed by atoms with Gasteiger partial charge >= 0.3 is 0 Å². The largest absolute Gasteiger partial charge is 0.456 e. The summed E-state index contributed by atoms with van der Waals surface area (Å²) in [5.74, 6) is 1.67. The molecule has 4 aromatic heterocycles. The molecule has 11 rings (SSSR count). The minimum absolute atomic E-state index is 0.531. The second-order valence-electron chi connectivity index (χ2n) is 12.7. The molecule has 6 heteroatoms. The molecule has 0 spiro atoms. The SMILES string of the molecule is c1ccc(-c2nc(-c3cccc4c3oc3ccc(-c5cccc6oc7ccccc7c56)cc34)nc(-c3cccc4oc5ccccc5c34)n2)cc1. The zero-order chi connectivity index (χ0) is 33.5. The number of hydrogen-bond acceptors (Lipinski definition) is 6. The minimum Gasteiger partial charge on any atom is -0.456 e. The van der Waals surface area contributed by atoms with Gasteiger partial charge in [-0.05, 0) is 53.6 Å². The van der Waals surface area contributed by atoms with Crippen molar-refractivity contribution < 1.29 is 13.3 Å². The Balaban J connectivity index is 1.13. The quantitative estimate of drug-likeness (QED) is 0.188. The lowest BCUT2D eigenvalue weighted by molar-refractivity contribution is 0.668. The van der Waals surface area contributed by atoms with Crippen LogP contribution in [-0.2, 0) is 0 Å². The van der Waals surface area contributed by atoms with Gasteiger partial charge in [0.05, 0.1) is 5.56 Å². The molecule has 0 unspecified atom stereocenters. The van der Waals surface area contributed by atoms with E-state index in [1.54, 1.807) is 0 Å². The van der Waals surface area contributed by atoms with Crippen LogP contribution in [0.3, 0.4) is 0 Å². The van der Waals surface area contributed by atoms with E-state index in [-0.39, 0.29) is 0 Å². The third-order valence-electron chi connectivity index (χ3n) is 9.76. The van der Waals surface area contributed by atoms with Gasteiger partial charge in [-0.25, -0.2) is 15.0 Å². The maximum absolute atomic E-state index is 6.64. The van der Waals surface area contributed by atoms with Crippen LogP contribution in [0, 0.1) is 0 Å². The van der Waals surface area contributed by atoms with Gasteiger partial charge in [0.25, 0.3) is 0 Å². The molecule has 0 radical (unpaired) electrons. The summed E-state index contributed by atoms with van der Waals surface area (Å²) in [4.78, 5) is 15.2. The van der Waals surface area contributed by atoms with Crippen molar-refractivity contribution in [3.63, 3.8) is 0 Å². The summed E-state index contributed by atoms with van der Waals surface area (Å²) >= 11 is 0. The molecule has 6 nitrogen and oxygen atoms in total. The highest BCUT2D eigenvalue weighted by Crippen LogP contribution is 2.41. The maximum Gasteiger partial charge on any atom is 0.167 e. The third-order valence-corrected chi connectivity index (χ3v) is 9.76. The Morgan fingerprint density at radius 2 is 0.843 bits per heavy atom. The molecule has 0 N–H and O–H groups in total. The molecule has 7 aromatic carbocycles. The fourth-order valence-electron chi connectivity index (χ4n) is 7.45. The predicted molar refractivity (Wildman–Crippen MR) is 203 cm³/mol. The number of para-hydroxylation sites is 3. The van der Waals surface area contributed by atoms with Gasteiger partial charge in [0.15, 0.2) is 17.5 Å². The Morgan fingerprint density at radius 3 is 1.59 bits per heavy atom. The molecule has 238 valence electrons. The number of benzene rings is 7. The van der Waals surface area contributed by atoms with Gasteiger partial charge in [0, 0.05) is 43.4 Å². The molecular weight excluding hydrogens is 631 g/mol. The van der Waals surface area contributed by atoms with Gasteiger partial charge in [-0.15, -0.1) is 0 Å². The molecule has 0 atom stereocenters. The number of hydrogen-bond donors (Lipinski definition) is 0. The summed E-state index contributed by atoms with van der Waals surface area (Å²) in [6, 6.07) is 51.0. The zero-order valence-electron chi connectivity index (χ0n) is 27.0. The van der Waals surface area contributed by atoms with E-state index in [4.69, 9.17) is 28.2 Å². The van der Waals surface area contributed by atoms with E-state index < -0.39 is 0 Å². The Kier molecular flexibility index (Phi) is 5.86. The Hall–Kier alpha value is -7.05. The highest BCUT2D eigenvalue weighted by molar-refractivity contribution is 6.15. The second-order valence-corrected chi connectivity index (χ2v) is 12.7. The van der Waals surface area contributed by atoms with Crippen LogP contribution in [0.5, 0.6) is 0 Å². The number of furan rings is 3. The van der Waals surface area contributed by atoms with Crippen molar-refractivity contribution in [2.24, 2.45) is 0 Å². The van der Waals surface area contributed by atoms with Crippen LogP contribution in [0.1, 0.15) is 0 Å². The fourth-order valence-corrected chi connectivity index (χ4v) is 7.45. The lowest BCUT2D eigenvalue weighted by Crippen LogP contribution is -2.00. The van der Waals surface area contributed by atoms with Crippen molar-refractivity contribution in [2.45, 2.75) is 0 Å². The van der Waals surface area contributed by atoms with Crippen molar-refractivity contribution in [2.75, 3.05) is 0 Å². The third kappa shape index (κ3) is 4.26. The minimum atomic E-state index is 0.531. The molecule has 51 heavy (non-hydrogen) atoms. The first-order valence-corrected chi connectivity index (χ1v) is 16.9. The summed E-state index contributed by atoms with van der Waals surface area (Å²) < 4.78 is 19.1. The van der Waals surface area contributed by atoms with Gasteiger partial charge in [-0.2, -0.15) is 0 Å². The number of rotatable bonds is 4. The summed E-state index contributed by atoms with van der Waals surface area (Å²) in [5, 5.41) is 6.19. The first-order chi connectivity index (χ1) is 25.3. The topological polar surface area (TPSA) is 78.1 Å². The normalized spacial score (nSPS) is 11.9. The van der Waals surface area contributed by atoms with Crippen molar-refractivity contribution in [3.8, 4) is 45.3 Å². The summed E-state index contributed by atoms with van der Waals surface area (Å²) in [6.45, 7) is 0. The molecule has 0 saturated heterocycles. The predicted octanol–water partition coefficient (Wildman–Crippen LogP) is 12.2.